The molecule has 11 heteroatoms. The van der Waals surface area contributed by atoms with E-state index in [1.807, 2.05) is 0 Å². The number of nitriles is 1. The molecular weight excluding hydrogens is 356 g/mol. The molecule has 0 aromatic carbocycles. The molecule has 0 aliphatic rings. The third-order valence-corrected chi connectivity index (χ3v) is 3.65. The minimum absolute atomic E-state index is 0.0229. The van der Waals surface area contributed by atoms with Crippen LogP contribution in [0.2, 0.25) is 0 Å². The second kappa shape index (κ2) is 8.72. The van der Waals surface area contributed by atoms with Crippen LogP contribution in [0.15, 0.2) is 21.2 Å². The minimum atomic E-state index is -0.657. The second-order valence-electron chi connectivity index (χ2n) is 5.28. The van der Waals surface area contributed by atoms with Gasteiger partial charge in [0.2, 0.25) is 11.7 Å². The zero-order chi connectivity index (χ0) is 20.0. The first-order chi connectivity index (χ1) is 13.0. The van der Waals surface area contributed by atoms with E-state index in [0.717, 1.165) is 4.57 Å². The van der Waals surface area contributed by atoms with Gasteiger partial charge in [-0.3, -0.25) is 14.5 Å². The largest absolute Gasteiger partial charge is 0.493 e. The zero-order valence-electron chi connectivity index (χ0n) is 15.0. The number of carbonyl (C=O) groups excluding carboxylic acids is 1. The van der Waals surface area contributed by atoms with Crippen LogP contribution in [0.3, 0.4) is 0 Å². The summed E-state index contributed by atoms with van der Waals surface area (Å²) in [6, 6.07) is 1.80. The Labute approximate surface area is 153 Å². The molecule has 0 fully saturated rings. The van der Waals surface area contributed by atoms with Gasteiger partial charge >= 0.3 is 5.97 Å². The predicted molar refractivity (Wildman–Crippen MR) is 92.4 cm³/mol. The molecule has 0 saturated heterocycles. The van der Waals surface area contributed by atoms with Crippen LogP contribution in [0.25, 0.3) is 0 Å². The third kappa shape index (κ3) is 4.01. The van der Waals surface area contributed by atoms with E-state index in [-0.39, 0.29) is 48.0 Å². The van der Waals surface area contributed by atoms with Crippen LogP contribution in [0.4, 0.5) is 11.5 Å². The number of carbonyl (C=O) groups is 1. The highest BCUT2D eigenvalue weighted by atomic mass is 16.5. The lowest BCUT2D eigenvalue weighted by Crippen LogP contribution is -2.25. The summed E-state index contributed by atoms with van der Waals surface area (Å²) in [5, 5.41) is 33.7. The lowest BCUT2D eigenvalue weighted by atomic mass is 10.1. The summed E-state index contributed by atoms with van der Waals surface area (Å²) in [6.45, 7) is 3.47. The van der Waals surface area contributed by atoms with Crippen LogP contribution in [0.1, 0.15) is 28.4 Å². The van der Waals surface area contributed by atoms with Crippen LogP contribution >= 0.6 is 0 Å². The molecular formula is C16H18N6O5. The van der Waals surface area contributed by atoms with Gasteiger partial charge in [-0.2, -0.15) is 10.4 Å². The number of hydrogen-bond donors (Lipinski definition) is 2. The summed E-state index contributed by atoms with van der Waals surface area (Å²) in [5.74, 6) is -1.16. The molecule has 2 N–H and O–H groups in total. The predicted octanol–water partition coefficient (Wildman–Crippen LogP) is 1.70. The van der Waals surface area contributed by atoms with E-state index in [2.05, 4.69) is 20.4 Å². The number of pyridine rings is 1. The van der Waals surface area contributed by atoms with Crippen LogP contribution in [0.5, 0.6) is 5.88 Å². The fourth-order valence-electron chi connectivity index (χ4n) is 2.26. The summed E-state index contributed by atoms with van der Waals surface area (Å²) in [7, 11) is 1.44. The number of hydrogen-bond acceptors (Lipinski definition) is 9. The molecule has 0 amide bonds. The van der Waals surface area contributed by atoms with Gasteiger partial charge in [-0.25, -0.2) is 4.79 Å². The van der Waals surface area contributed by atoms with E-state index in [4.69, 9.17) is 9.47 Å². The first-order valence-electron chi connectivity index (χ1n) is 7.94. The lowest BCUT2D eigenvalue weighted by Gasteiger charge is -2.12. The van der Waals surface area contributed by atoms with Crippen molar-refractivity contribution in [2.45, 2.75) is 20.4 Å². The molecule has 2 rings (SSSR count). The first-order valence-corrected chi connectivity index (χ1v) is 7.94. The minimum Gasteiger partial charge on any atom is -0.493 e. The van der Waals surface area contributed by atoms with Gasteiger partial charge in [0.05, 0.1) is 19.8 Å². The molecule has 0 bridgehead atoms. The van der Waals surface area contributed by atoms with Crippen molar-refractivity contribution in [3.63, 3.8) is 0 Å². The standard InChI is InChI=1S/C16H18N6O5/c1-4-27-16(25)11-8-18-20-13(11)21-19-12-9(2)10(7-17)14(23)22(15(12)24)5-6-26-3/h8,24H,4-6H2,1-3H3,(H,18,20). The third-order valence-electron chi connectivity index (χ3n) is 3.65. The Morgan fingerprint density at radius 2 is 2.22 bits per heavy atom. The highest BCUT2D eigenvalue weighted by Gasteiger charge is 2.20. The molecule has 0 atom stereocenters. The van der Waals surface area contributed by atoms with Crippen LogP contribution in [-0.2, 0) is 16.0 Å². The number of aromatic nitrogens is 3. The smallest absolute Gasteiger partial charge is 0.343 e. The van der Waals surface area contributed by atoms with Gasteiger partial charge in [0.1, 0.15) is 17.2 Å². The number of azo groups is 1. The van der Waals surface area contributed by atoms with Crippen molar-refractivity contribution in [2.75, 3.05) is 20.3 Å². The monoisotopic (exact) mass is 374 g/mol. The molecule has 2 aromatic heterocycles. The van der Waals surface area contributed by atoms with Crippen molar-refractivity contribution in [2.24, 2.45) is 10.2 Å². The number of esters is 1. The van der Waals surface area contributed by atoms with E-state index < -0.39 is 17.4 Å². The molecule has 0 radical (unpaired) electrons. The Bertz CT molecular complexity index is 969. The Kier molecular flexibility index (Phi) is 6.40. The Hall–Kier alpha value is -3.52. The van der Waals surface area contributed by atoms with Crippen LogP contribution < -0.4 is 5.56 Å². The molecule has 11 nitrogen and oxygen atoms in total. The Balaban J connectivity index is 2.52. The fraction of sp³-hybridized carbons (Fsp3) is 0.375. The van der Waals surface area contributed by atoms with E-state index in [1.165, 1.54) is 20.2 Å². The number of H-pyrrole nitrogens is 1. The number of aromatic amines is 1. The van der Waals surface area contributed by atoms with Crippen LogP contribution in [0, 0.1) is 18.3 Å². The van der Waals surface area contributed by atoms with Crippen molar-refractivity contribution in [3.05, 3.63) is 33.2 Å². The summed E-state index contributed by atoms with van der Waals surface area (Å²) in [6.07, 6.45) is 1.30. The van der Waals surface area contributed by atoms with Gasteiger partial charge in [0.25, 0.3) is 5.56 Å². The Morgan fingerprint density at radius 1 is 1.48 bits per heavy atom. The molecule has 2 aromatic rings. The average molecular weight is 374 g/mol. The van der Waals surface area contributed by atoms with Gasteiger partial charge in [-0.05, 0) is 13.8 Å². The van der Waals surface area contributed by atoms with Gasteiger partial charge in [0, 0.05) is 18.9 Å². The van der Waals surface area contributed by atoms with Crippen molar-refractivity contribution in [3.8, 4) is 11.9 Å². The van der Waals surface area contributed by atoms with Crippen molar-refractivity contribution < 1.29 is 19.4 Å². The number of methoxy groups -OCH3 is 1. The molecule has 0 saturated carbocycles. The van der Waals surface area contributed by atoms with Crippen LogP contribution in [-0.4, -0.2) is 46.2 Å². The van der Waals surface area contributed by atoms with Gasteiger partial charge < -0.3 is 14.6 Å². The average Bonchev–Trinajstić information content (AvgIpc) is 3.11. The topological polar surface area (TPSA) is 155 Å². The molecule has 0 aliphatic carbocycles. The second-order valence-corrected chi connectivity index (χ2v) is 5.28. The summed E-state index contributed by atoms with van der Waals surface area (Å²) in [5.41, 5.74) is -0.697. The summed E-state index contributed by atoms with van der Waals surface area (Å²) >= 11 is 0. The molecule has 2 heterocycles. The maximum atomic E-state index is 12.3. The van der Waals surface area contributed by atoms with E-state index in [1.54, 1.807) is 13.0 Å². The number of aromatic hydroxyl groups is 1. The van der Waals surface area contributed by atoms with Crippen molar-refractivity contribution >= 4 is 17.5 Å². The van der Waals surface area contributed by atoms with Gasteiger partial charge in [-0.1, -0.05) is 0 Å². The molecule has 0 spiro atoms. The number of rotatable bonds is 7. The highest BCUT2D eigenvalue weighted by molar-refractivity contribution is 5.93. The normalized spacial score (nSPS) is 10.9. The summed E-state index contributed by atoms with van der Waals surface area (Å²) in [4.78, 5) is 24.2. The maximum absolute atomic E-state index is 12.3. The fourth-order valence-corrected chi connectivity index (χ4v) is 2.26. The maximum Gasteiger partial charge on any atom is 0.343 e. The molecule has 0 aliphatic heterocycles. The number of nitrogens with one attached hydrogen (secondary N) is 1. The number of ether oxygens (including phenoxy) is 2. The highest BCUT2D eigenvalue weighted by Crippen LogP contribution is 2.32. The molecule has 0 unspecified atom stereocenters. The Morgan fingerprint density at radius 3 is 2.85 bits per heavy atom. The van der Waals surface area contributed by atoms with E-state index in [0.29, 0.717) is 0 Å². The molecule has 142 valence electrons. The van der Waals surface area contributed by atoms with Crippen molar-refractivity contribution in [1.82, 2.24) is 14.8 Å². The van der Waals surface area contributed by atoms with E-state index in [9.17, 15) is 20.0 Å². The summed E-state index contributed by atoms with van der Waals surface area (Å²) < 4.78 is 10.8. The van der Waals surface area contributed by atoms with Crippen molar-refractivity contribution in [1.29, 1.82) is 5.26 Å². The molecule has 27 heavy (non-hydrogen) atoms. The number of nitrogens with zero attached hydrogens (tertiary/aromatic N) is 5. The van der Waals surface area contributed by atoms with E-state index >= 15 is 0 Å². The lowest BCUT2D eigenvalue weighted by molar-refractivity contribution is 0.0527. The first kappa shape index (κ1) is 19.8. The van der Waals surface area contributed by atoms with Gasteiger partial charge in [0.15, 0.2) is 5.69 Å². The van der Waals surface area contributed by atoms with Gasteiger partial charge in [-0.15, -0.1) is 10.2 Å². The SMILES string of the molecule is CCOC(=O)c1c[nH]nc1N=Nc1c(C)c(C#N)c(=O)n(CCOC)c1O. The zero-order valence-corrected chi connectivity index (χ0v) is 15.0. The quantitative estimate of drug-likeness (QED) is 0.552.